The molecule has 0 aliphatic heterocycles. The van der Waals surface area contributed by atoms with E-state index in [1.807, 2.05) is 6.07 Å². The number of benzene rings is 1. The maximum absolute atomic E-state index is 5.37. The molecule has 0 N–H and O–H groups in total. The lowest BCUT2D eigenvalue weighted by atomic mass is 9.87. The molecule has 0 radical (unpaired) electrons. The van der Waals surface area contributed by atoms with Crippen molar-refractivity contribution in [3.8, 4) is 11.5 Å². The highest BCUT2D eigenvalue weighted by atomic mass is 79.9. The fourth-order valence-electron chi connectivity index (χ4n) is 1.98. The molecule has 18 heavy (non-hydrogen) atoms. The number of halogens is 1. The molecule has 0 heterocycles. The summed E-state index contributed by atoms with van der Waals surface area (Å²) in [6, 6.07) is 4.10. The Balaban J connectivity index is 3.09. The van der Waals surface area contributed by atoms with Gasteiger partial charge in [-0.2, -0.15) is 0 Å². The zero-order chi connectivity index (χ0) is 13.9. The molecule has 1 aromatic carbocycles. The summed E-state index contributed by atoms with van der Waals surface area (Å²) in [7, 11) is 3.34. The third-order valence-corrected chi connectivity index (χ3v) is 3.72. The van der Waals surface area contributed by atoms with Crippen LogP contribution in [0.1, 0.15) is 43.1 Å². The van der Waals surface area contributed by atoms with Gasteiger partial charge in [-0.15, -0.1) is 0 Å². The Labute approximate surface area is 119 Å². The van der Waals surface area contributed by atoms with Gasteiger partial charge in [0, 0.05) is 4.83 Å². The molecule has 0 saturated heterocycles. The number of alkyl halides is 1. The fraction of sp³-hybridized carbons (Fsp3) is 0.600. The van der Waals surface area contributed by atoms with E-state index in [0.717, 1.165) is 17.9 Å². The maximum atomic E-state index is 5.37. The van der Waals surface area contributed by atoms with Gasteiger partial charge in [0.25, 0.3) is 0 Å². The van der Waals surface area contributed by atoms with Crippen LogP contribution in [0.15, 0.2) is 12.1 Å². The first-order valence-electron chi connectivity index (χ1n) is 6.15. The summed E-state index contributed by atoms with van der Waals surface area (Å²) < 4.78 is 10.7. The van der Waals surface area contributed by atoms with E-state index >= 15 is 0 Å². The van der Waals surface area contributed by atoms with Gasteiger partial charge in [-0.25, -0.2) is 0 Å². The fourth-order valence-corrected chi connectivity index (χ4v) is 3.45. The van der Waals surface area contributed by atoms with Crippen molar-refractivity contribution >= 4 is 15.9 Å². The van der Waals surface area contributed by atoms with Gasteiger partial charge in [0.1, 0.15) is 0 Å². The number of hydrogen-bond donors (Lipinski definition) is 0. The summed E-state index contributed by atoms with van der Waals surface area (Å²) >= 11 is 3.79. The van der Waals surface area contributed by atoms with Crippen molar-refractivity contribution in [2.45, 2.75) is 38.9 Å². The van der Waals surface area contributed by atoms with Crippen molar-refractivity contribution in [3.05, 3.63) is 23.3 Å². The Morgan fingerprint density at radius 1 is 1.11 bits per heavy atom. The highest BCUT2D eigenvalue weighted by molar-refractivity contribution is 9.09. The third kappa shape index (κ3) is 3.91. The van der Waals surface area contributed by atoms with Crippen LogP contribution in [0.25, 0.3) is 0 Å². The first-order chi connectivity index (χ1) is 8.28. The van der Waals surface area contributed by atoms with Crippen molar-refractivity contribution in [3.63, 3.8) is 0 Å². The normalized spacial score (nSPS) is 13.3. The van der Waals surface area contributed by atoms with Crippen LogP contribution in [0.3, 0.4) is 0 Å². The number of ether oxygens (including phenoxy) is 2. The molecule has 0 aliphatic carbocycles. The zero-order valence-electron chi connectivity index (χ0n) is 12.1. The summed E-state index contributed by atoms with van der Waals surface area (Å²) in [6.07, 6.45) is 1.07. The van der Waals surface area contributed by atoms with E-state index in [4.69, 9.17) is 9.47 Å². The van der Waals surface area contributed by atoms with E-state index in [2.05, 4.69) is 49.7 Å². The summed E-state index contributed by atoms with van der Waals surface area (Å²) in [5.74, 6) is 1.57. The van der Waals surface area contributed by atoms with Gasteiger partial charge < -0.3 is 9.47 Å². The highest BCUT2D eigenvalue weighted by Gasteiger charge is 2.21. The molecule has 0 spiro atoms. The molecule has 1 unspecified atom stereocenters. The Hall–Kier alpha value is -0.700. The molecule has 2 nitrogen and oxygen atoms in total. The topological polar surface area (TPSA) is 18.5 Å². The molecule has 0 amide bonds. The minimum absolute atomic E-state index is 0.285. The summed E-state index contributed by atoms with van der Waals surface area (Å²) in [5.41, 5.74) is 2.77. The molecule has 3 heteroatoms. The van der Waals surface area contributed by atoms with Crippen LogP contribution in [0.5, 0.6) is 11.5 Å². The molecular weight excluding hydrogens is 292 g/mol. The van der Waals surface area contributed by atoms with Gasteiger partial charge in [0.15, 0.2) is 11.5 Å². The van der Waals surface area contributed by atoms with Crippen molar-refractivity contribution in [1.82, 2.24) is 0 Å². The number of rotatable bonds is 4. The summed E-state index contributed by atoms with van der Waals surface area (Å²) in [4.78, 5) is 0.331. The lowest BCUT2D eigenvalue weighted by molar-refractivity contribution is 0.352. The SMILES string of the molecule is COc1cc(C)c(C(Br)CC(C)(C)C)cc1OC. The van der Waals surface area contributed by atoms with Crippen LogP contribution >= 0.6 is 15.9 Å². The van der Waals surface area contributed by atoms with Crippen LogP contribution in [0.2, 0.25) is 0 Å². The smallest absolute Gasteiger partial charge is 0.161 e. The lowest BCUT2D eigenvalue weighted by Gasteiger charge is -2.24. The minimum Gasteiger partial charge on any atom is -0.493 e. The second-order valence-electron chi connectivity index (χ2n) is 5.80. The molecule has 0 aliphatic rings. The maximum Gasteiger partial charge on any atom is 0.161 e. The summed E-state index contributed by atoms with van der Waals surface area (Å²) in [5, 5.41) is 0. The van der Waals surface area contributed by atoms with Crippen LogP contribution in [0, 0.1) is 12.3 Å². The van der Waals surface area contributed by atoms with Crippen LogP contribution in [-0.4, -0.2) is 14.2 Å². The van der Waals surface area contributed by atoms with Crippen molar-refractivity contribution in [2.75, 3.05) is 14.2 Å². The van der Waals surface area contributed by atoms with Crippen LogP contribution in [0.4, 0.5) is 0 Å². The van der Waals surface area contributed by atoms with Crippen LogP contribution < -0.4 is 9.47 Å². The Kier molecular flexibility index (Phi) is 5.09. The average Bonchev–Trinajstić information content (AvgIpc) is 2.26. The monoisotopic (exact) mass is 314 g/mol. The number of hydrogen-bond acceptors (Lipinski definition) is 2. The Bertz CT molecular complexity index is 408. The molecule has 0 aromatic heterocycles. The van der Waals surface area contributed by atoms with Crippen molar-refractivity contribution in [2.24, 2.45) is 5.41 Å². The van der Waals surface area contributed by atoms with E-state index in [-0.39, 0.29) is 5.41 Å². The van der Waals surface area contributed by atoms with E-state index < -0.39 is 0 Å². The van der Waals surface area contributed by atoms with Gasteiger partial charge >= 0.3 is 0 Å². The molecule has 0 bridgehead atoms. The molecule has 1 aromatic rings. The number of aryl methyl sites for hydroxylation is 1. The van der Waals surface area contributed by atoms with Gasteiger partial charge in [-0.1, -0.05) is 36.7 Å². The van der Waals surface area contributed by atoms with Crippen LogP contribution in [-0.2, 0) is 0 Å². The molecule has 1 rings (SSSR count). The summed E-state index contributed by atoms with van der Waals surface area (Å²) in [6.45, 7) is 8.85. The van der Waals surface area contributed by atoms with Gasteiger partial charge in [-0.3, -0.25) is 0 Å². The predicted octanol–water partition coefficient (Wildman–Crippen LogP) is 4.88. The second-order valence-corrected chi connectivity index (χ2v) is 6.90. The molecule has 0 saturated carbocycles. The largest absolute Gasteiger partial charge is 0.493 e. The first-order valence-corrected chi connectivity index (χ1v) is 7.06. The van der Waals surface area contributed by atoms with Gasteiger partial charge in [0.05, 0.1) is 14.2 Å². The Morgan fingerprint density at radius 2 is 1.61 bits per heavy atom. The first kappa shape index (κ1) is 15.4. The van der Waals surface area contributed by atoms with E-state index in [0.29, 0.717) is 4.83 Å². The average molecular weight is 315 g/mol. The van der Waals surface area contributed by atoms with E-state index in [1.54, 1.807) is 14.2 Å². The van der Waals surface area contributed by atoms with Gasteiger partial charge in [0.2, 0.25) is 0 Å². The predicted molar refractivity (Wildman–Crippen MR) is 80.0 cm³/mol. The minimum atomic E-state index is 0.285. The zero-order valence-corrected chi connectivity index (χ0v) is 13.7. The second kappa shape index (κ2) is 5.96. The van der Waals surface area contributed by atoms with Crippen molar-refractivity contribution in [1.29, 1.82) is 0 Å². The van der Waals surface area contributed by atoms with Gasteiger partial charge in [-0.05, 0) is 42.0 Å². The quantitative estimate of drug-likeness (QED) is 0.737. The lowest BCUT2D eigenvalue weighted by Crippen LogP contribution is -2.09. The molecule has 1 atom stereocenters. The molecule has 102 valence electrons. The Morgan fingerprint density at radius 3 is 2.06 bits per heavy atom. The van der Waals surface area contributed by atoms with E-state index in [9.17, 15) is 0 Å². The molecule has 0 fully saturated rings. The van der Waals surface area contributed by atoms with E-state index in [1.165, 1.54) is 11.1 Å². The van der Waals surface area contributed by atoms with Crippen molar-refractivity contribution < 1.29 is 9.47 Å². The third-order valence-electron chi connectivity index (χ3n) is 2.90. The highest BCUT2D eigenvalue weighted by Crippen LogP contribution is 2.40. The number of methoxy groups -OCH3 is 2. The standard InChI is InChI=1S/C15H23BrO2/c1-10-7-13(17-5)14(18-6)8-11(10)12(16)9-15(2,3)4/h7-8,12H,9H2,1-6H3. The molecular formula is C15H23BrO2.